The van der Waals surface area contributed by atoms with E-state index in [0.717, 1.165) is 0 Å². The molecular weight excluding hydrogens is 567 g/mol. The van der Waals surface area contributed by atoms with Gasteiger partial charge in [-0.05, 0) is 0 Å². The van der Waals surface area contributed by atoms with Gasteiger partial charge in [-0.15, -0.1) is 50.2 Å². The maximum atomic E-state index is 3.05. The van der Waals surface area contributed by atoms with Gasteiger partial charge in [-0.1, -0.05) is 184 Å². The minimum atomic E-state index is 0. The Morgan fingerprint density at radius 1 is 0.357 bits per heavy atom. The van der Waals surface area contributed by atoms with E-state index in [0.29, 0.717) is 0 Å². The van der Waals surface area contributed by atoms with Crippen LogP contribution < -0.4 is 5.30 Å². The van der Waals surface area contributed by atoms with Crippen LogP contribution in [0.2, 0.25) is 0 Å². The van der Waals surface area contributed by atoms with E-state index in [1.165, 1.54) is 60.9 Å². The molecule has 1 atom stereocenters. The molecule has 1 unspecified atom stereocenters. The Kier molecular flexibility index (Phi) is 9.81. The third-order valence-electron chi connectivity index (χ3n) is 7.31. The molecule has 2 heteroatoms. The molecule has 0 amide bonds. The summed E-state index contributed by atoms with van der Waals surface area (Å²) in [6, 6.07) is 61.7. The number of hydrogen-bond acceptors (Lipinski definition) is 0. The van der Waals surface area contributed by atoms with Crippen molar-refractivity contribution in [3.05, 3.63) is 176 Å². The van der Waals surface area contributed by atoms with Gasteiger partial charge in [0, 0.05) is 0 Å². The summed E-state index contributed by atoms with van der Waals surface area (Å²) >= 11 is 0. The minimum Gasteiger partial charge on any atom is -0.152 e. The normalized spacial score (nSPS) is 10.3. The van der Waals surface area contributed by atoms with Gasteiger partial charge in [0.05, 0.1) is 0 Å². The quantitative estimate of drug-likeness (QED) is 0.105. The van der Waals surface area contributed by atoms with Crippen LogP contribution in [0.4, 0.5) is 0 Å². The molecule has 0 radical (unpaired) electrons. The van der Waals surface area contributed by atoms with Crippen LogP contribution in [0.1, 0.15) is 0 Å². The largest absolute Gasteiger partial charge is 2.00 e. The van der Waals surface area contributed by atoms with Crippen molar-refractivity contribution in [1.82, 2.24) is 0 Å². The predicted molar refractivity (Wildman–Crippen MR) is 181 cm³/mol. The predicted octanol–water partition coefficient (Wildman–Crippen LogP) is 10.6. The number of hydrogen-bond donors (Lipinski definition) is 0. The van der Waals surface area contributed by atoms with Crippen LogP contribution in [-0.4, -0.2) is 0 Å². The smallest absolute Gasteiger partial charge is 0.152 e. The molecule has 0 N–H and O–H groups in total. The van der Waals surface area contributed by atoms with Crippen molar-refractivity contribution in [2.75, 3.05) is 0 Å². The van der Waals surface area contributed by atoms with Crippen molar-refractivity contribution < 1.29 is 17.1 Å². The van der Waals surface area contributed by atoms with E-state index in [4.69, 9.17) is 0 Å². The van der Waals surface area contributed by atoms with Gasteiger partial charge < -0.3 is 0 Å². The third kappa shape index (κ3) is 6.30. The zero-order chi connectivity index (χ0) is 27.9. The molecule has 42 heavy (non-hydrogen) atoms. The Morgan fingerprint density at radius 2 is 0.667 bits per heavy atom. The van der Waals surface area contributed by atoms with Crippen LogP contribution in [0, 0.1) is 0 Å². The first-order chi connectivity index (χ1) is 20.3. The zero-order valence-electron chi connectivity index (χ0n) is 23.2. The molecule has 0 spiro atoms. The second-order valence-corrected chi connectivity index (χ2v) is 10.5. The van der Waals surface area contributed by atoms with Gasteiger partial charge in [-0.2, -0.15) is 12.1 Å². The first-order valence-electron chi connectivity index (χ1n) is 13.9. The van der Waals surface area contributed by atoms with E-state index < -0.39 is 0 Å². The molecule has 0 saturated heterocycles. The van der Waals surface area contributed by atoms with E-state index in [1.807, 2.05) is 6.07 Å². The molecular formula is C40H31FeP. The van der Waals surface area contributed by atoms with E-state index >= 15 is 0 Å². The summed E-state index contributed by atoms with van der Waals surface area (Å²) in [7, 11) is 3.05. The van der Waals surface area contributed by atoms with Crippen molar-refractivity contribution in [1.29, 1.82) is 0 Å². The van der Waals surface area contributed by atoms with Crippen molar-refractivity contribution in [2.45, 2.75) is 0 Å². The molecule has 0 aliphatic carbocycles. The van der Waals surface area contributed by atoms with Gasteiger partial charge in [-0.25, -0.2) is 0 Å². The molecule has 0 nitrogen and oxygen atoms in total. The van der Waals surface area contributed by atoms with Gasteiger partial charge >= 0.3 is 17.1 Å². The van der Waals surface area contributed by atoms with Crippen LogP contribution in [0.5, 0.6) is 0 Å². The first-order valence-corrected chi connectivity index (χ1v) is 14.5. The second-order valence-electron chi connectivity index (χ2n) is 9.92. The standard InChI is InChI=1S/C29H22P.C11H9.Fe/c30-29-27(23-17-9-3-10-18-23)25(21-13-5-1-6-14-21)26(22-15-7-2-8-16-22)28(29)24-19-11-4-12-20-24;1-2-6-10(7-3-1)11-8-4-5-9-11;/h1-20H,30H2;1-9H;/q2*-1;+2. The van der Waals surface area contributed by atoms with Crippen LogP contribution in [-0.2, 0) is 17.1 Å². The Bertz CT molecular complexity index is 1690. The van der Waals surface area contributed by atoms with Gasteiger partial charge in [0.25, 0.3) is 0 Å². The molecule has 204 valence electrons. The summed E-state index contributed by atoms with van der Waals surface area (Å²) < 4.78 is 0. The Hall–Kier alpha value is -4.25. The molecule has 0 heterocycles. The van der Waals surface area contributed by atoms with Crippen LogP contribution in [0.3, 0.4) is 0 Å². The molecule has 0 aromatic heterocycles. The van der Waals surface area contributed by atoms with E-state index in [1.54, 1.807) is 0 Å². The van der Waals surface area contributed by atoms with Crippen LogP contribution in [0.25, 0.3) is 55.6 Å². The molecule has 7 aromatic carbocycles. The summed E-state index contributed by atoms with van der Waals surface area (Å²) in [5.41, 5.74) is 12.7. The fourth-order valence-corrected chi connectivity index (χ4v) is 6.06. The van der Waals surface area contributed by atoms with Gasteiger partial charge in [0.2, 0.25) is 0 Å². The number of rotatable bonds is 5. The molecule has 0 fully saturated rings. The first kappa shape index (κ1) is 29.2. The summed E-state index contributed by atoms with van der Waals surface area (Å²) in [6.45, 7) is 0. The van der Waals surface area contributed by atoms with E-state index in [2.05, 4.69) is 179 Å². The Balaban J connectivity index is 0.000000247. The van der Waals surface area contributed by atoms with E-state index in [-0.39, 0.29) is 17.1 Å². The molecule has 0 saturated carbocycles. The number of benzene rings is 5. The third-order valence-corrected chi connectivity index (χ3v) is 7.89. The van der Waals surface area contributed by atoms with Crippen LogP contribution >= 0.6 is 9.24 Å². The average Bonchev–Trinajstić information content (AvgIpc) is 3.70. The van der Waals surface area contributed by atoms with Crippen molar-refractivity contribution in [2.24, 2.45) is 0 Å². The summed E-state index contributed by atoms with van der Waals surface area (Å²) in [4.78, 5) is 0. The average molecular weight is 599 g/mol. The zero-order valence-corrected chi connectivity index (χ0v) is 25.4. The monoisotopic (exact) mass is 598 g/mol. The maximum absolute atomic E-state index is 3.05. The van der Waals surface area contributed by atoms with Crippen LogP contribution in [0.15, 0.2) is 176 Å². The molecule has 0 aliphatic heterocycles. The van der Waals surface area contributed by atoms with Gasteiger partial charge in [0.1, 0.15) is 0 Å². The molecule has 7 rings (SSSR count). The van der Waals surface area contributed by atoms with E-state index in [9.17, 15) is 0 Å². The van der Waals surface area contributed by atoms with Crippen molar-refractivity contribution in [3.8, 4) is 55.6 Å². The maximum Gasteiger partial charge on any atom is 2.00 e. The molecule has 0 bridgehead atoms. The van der Waals surface area contributed by atoms with Gasteiger partial charge in [0.15, 0.2) is 0 Å². The summed E-state index contributed by atoms with van der Waals surface area (Å²) in [5.74, 6) is 0. The van der Waals surface area contributed by atoms with Gasteiger partial charge in [-0.3, -0.25) is 0 Å². The Morgan fingerprint density at radius 3 is 1.02 bits per heavy atom. The SMILES string of the molecule is P[c-]1c(-c2ccccc2)c(-c2ccccc2)c(-c2ccccc2)c1-c1ccccc1.[Fe+2].c1ccc(-[c-]2cccc2)cc1. The fourth-order valence-electron chi connectivity index (χ4n) is 5.44. The summed E-state index contributed by atoms with van der Waals surface area (Å²) in [6.07, 6.45) is 0. The minimum absolute atomic E-state index is 0. The molecule has 0 aliphatic rings. The topological polar surface area (TPSA) is 0 Å². The Labute approximate surface area is 262 Å². The fraction of sp³-hybridized carbons (Fsp3) is 0. The van der Waals surface area contributed by atoms with Crippen molar-refractivity contribution in [3.63, 3.8) is 0 Å². The second kappa shape index (κ2) is 14.1. The van der Waals surface area contributed by atoms with Crippen molar-refractivity contribution >= 4 is 14.5 Å². The summed E-state index contributed by atoms with van der Waals surface area (Å²) in [5, 5.41) is 1.24. The molecule has 7 aromatic rings.